The fourth-order valence-electron chi connectivity index (χ4n) is 3.37. The Labute approximate surface area is 154 Å². The summed E-state index contributed by atoms with van der Waals surface area (Å²) in [7, 11) is 0. The molecule has 1 aromatic carbocycles. The zero-order valence-corrected chi connectivity index (χ0v) is 15.2. The fraction of sp³-hybridized carbons (Fsp3) is 0.476. The molecule has 3 rings (SSSR count). The number of fused-ring (bicyclic) bond motifs is 1. The van der Waals surface area contributed by atoms with E-state index >= 15 is 0 Å². The minimum Gasteiger partial charge on any atom is -0.456 e. The maximum absolute atomic E-state index is 11.9. The molecule has 0 aliphatic heterocycles. The molecule has 1 aromatic heterocycles. The number of amides is 1. The molecule has 0 radical (unpaired) electrons. The van der Waals surface area contributed by atoms with E-state index in [0.717, 1.165) is 48.2 Å². The topological polar surface area (TPSA) is 68.3 Å². The number of benzene rings is 1. The summed E-state index contributed by atoms with van der Waals surface area (Å²) in [6.45, 7) is 2.04. The quantitative estimate of drug-likeness (QED) is 0.807. The van der Waals surface area contributed by atoms with Gasteiger partial charge in [0.05, 0.1) is 11.9 Å². The number of nitrogens with one attached hydrogen (secondary N) is 1. The zero-order chi connectivity index (χ0) is 18.4. The predicted molar refractivity (Wildman–Crippen MR) is 101 cm³/mol. The molecule has 1 amide bonds. The first-order valence-corrected chi connectivity index (χ1v) is 9.40. The molecular formula is C21H26N2O3. The molecule has 1 fully saturated rings. The van der Waals surface area contributed by atoms with Gasteiger partial charge in [0, 0.05) is 23.5 Å². The highest BCUT2D eigenvalue weighted by molar-refractivity contribution is 5.81. The van der Waals surface area contributed by atoms with E-state index < -0.39 is 0 Å². The van der Waals surface area contributed by atoms with E-state index in [-0.39, 0.29) is 30.9 Å². The first-order valence-electron chi connectivity index (χ1n) is 9.40. The molecule has 0 spiro atoms. The molecule has 1 N–H and O–H groups in total. The number of hydrogen-bond acceptors (Lipinski definition) is 4. The van der Waals surface area contributed by atoms with Crippen LogP contribution in [0.1, 0.15) is 44.7 Å². The maximum atomic E-state index is 11.9. The van der Waals surface area contributed by atoms with Gasteiger partial charge in [0.15, 0.2) is 6.61 Å². The van der Waals surface area contributed by atoms with E-state index in [4.69, 9.17) is 4.74 Å². The summed E-state index contributed by atoms with van der Waals surface area (Å²) in [5, 5.41) is 4.04. The number of aryl methyl sites for hydroxylation is 1. The fourth-order valence-corrected chi connectivity index (χ4v) is 3.37. The molecule has 5 nitrogen and oxygen atoms in total. The van der Waals surface area contributed by atoms with Crippen molar-refractivity contribution in [3.05, 3.63) is 42.1 Å². The Morgan fingerprint density at radius 2 is 1.88 bits per heavy atom. The Morgan fingerprint density at radius 1 is 1.12 bits per heavy atom. The Balaban J connectivity index is 1.38. The molecule has 1 aliphatic carbocycles. The van der Waals surface area contributed by atoms with Crippen molar-refractivity contribution in [2.45, 2.75) is 51.5 Å². The monoisotopic (exact) mass is 354 g/mol. The Morgan fingerprint density at radius 3 is 2.69 bits per heavy atom. The van der Waals surface area contributed by atoms with Gasteiger partial charge in [-0.15, -0.1) is 0 Å². The first-order chi connectivity index (χ1) is 12.6. The van der Waals surface area contributed by atoms with Gasteiger partial charge in [0.1, 0.15) is 0 Å². The molecule has 0 bridgehead atoms. The molecule has 5 heteroatoms. The van der Waals surface area contributed by atoms with Crippen molar-refractivity contribution >= 4 is 22.8 Å². The van der Waals surface area contributed by atoms with Crippen LogP contribution < -0.4 is 5.32 Å². The highest BCUT2D eigenvalue weighted by atomic mass is 16.5. The van der Waals surface area contributed by atoms with Crippen LogP contribution in [-0.2, 0) is 20.7 Å². The Hall–Kier alpha value is -2.43. The van der Waals surface area contributed by atoms with Crippen LogP contribution in [0.25, 0.3) is 10.9 Å². The third-order valence-electron chi connectivity index (χ3n) is 4.99. The average Bonchev–Trinajstić information content (AvgIpc) is 2.66. The third-order valence-corrected chi connectivity index (χ3v) is 4.99. The number of para-hydroxylation sites is 1. The van der Waals surface area contributed by atoms with Crippen molar-refractivity contribution in [1.82, 2.24) is 10.3 Å². The Bertz CT molecular complexity index is 767. The van der Waals surface area contributed by atoms with E-state index in [2.05, 4.69) is 17.2 Å². The number of hydrogen-bond donors (Lipinski definition) is 1. The molecule has 0 unspecified atom stereocenters. The van der Waals surface area contributed by atoms with Crippen molar-refractivity contribution in [2.24, 2.45) is 5.92 Å². The second-order valence-electron chi connectivity index (χ2n) is 7.18. The summed E-state index contributed by atoms with van der Waals surface area (Å²) in [6, 6.07) is 12.0. The van der Waals surface area contributed by atoms with Crippen LogP contribution in [0.15, 0.2) is 36.4 Å². The van der Waals surface area contributed by atoms with Gasteiger partial charge in [-0.1, -0.05) is 31.2 Å². The van der Waals surface area contributed by atoms with E-state index in [0.29, 0.717) is 6.42 Å². The molecule has 138 valence electrons. The van der Waals surface area contributed by atoms with Crippen LogP contribution >= 0.6 is 0 Å². The minimum absolute atomic E-state index is 0.198. The molecule has 1 aliphatic rings. The summed E-state index contributed by atoms with van der Waals surface area (Å²) >= 11 is 0. The largest absolute Gasteiger partial charge is 0.456 e. The molecule has 1 heterocycles. The van der Waals surface area contributed by atoms with Crippen molar-refractivity contribution in [1.29, 1.82) is 0 Å². The van der Waals surface area contributed by atoms with E-state index in [1.807, 2.05) is 36.4 Å². The van der Waals surface area contributed by atoms with Gasteiger partial charge in [0.2, 0.25) is 0 Å². The lowest BCUT2D eigenvalue weighted by atomic mass is 9.87. The van der Waals surface area contributed by atoms with Crippen molar-refractivity contribution in [3.8, 4) is 0 Å². The minimum atomic E-state index is -0.368. The highest BCUT2D eigenvalue weighted by Crippen LogP contribution is 2.23. The summed E-state index contributed by atoms with van der Waals surface area (Å²) in [5.74, 6) is 0.166. The third kappa shape index (κ3) is 5.28. The molecule has 0 saturated heterocycles. The number of carbonyl (C=O) groups is 2. The van der Waals surface area contributed by atoms with Gasteiger partial charge in [-0.3, -0.25) is 14.6 Å². The van der Waals surface area contributed by atoms with Crippen molar-refractivity contribution in [2.75, 3.05) is 6.61 Å². The second kappa shape index (κ2) is 8.79. The van der Waals surface area contributed by atoms with Crippen LogP contribution in [0, 0.1) is 5.92 Å². The summed E-state index contributed by atoms with van der Waals surface area (Å²) in [4.78, 5) is 28.3. The molecular weight excluding hydrogens is 328 g/mol. The van der Waals surface area contributed by atoms with E-state index in [9.17, 15) is 9.59 Å². The lowest BCUT2D eigenvalue weighted by Crippen LogP contribution is -2.39. The van der Waals surface area contributed by atoms with E-state index in [1.165, 1.54) is 0 Å². The predicted octanol–water partition coefficient (Wildman–Crippen LogP) is 3.41. The SMILES string of the molecule is CC1CCC(NC(=O)COC(=O)CCc2ccc3ccccc3n2)CC1. The van der Waals surface area contributed by atoms with Gasteiger partial charge in [-0.05, 0) is 43.7 Å². The van der Waals surface area contributed by atoms with Crippen LogP contribution in [0.4, 0.5) is 0 Å². The first kappa shape index (κ1) is 18.4. The molecule has 1 saturated carbocycles. The average molecular weight is 354 g/mol. The molecule has 0 atom stereocenters. The number of nitrogens with zero attached hydrogens (tertiary/aromatic N) is 1. The van der Waals surface area contributed by atoms with Crippen LogP contribution in [0.5, 0.6) is 0 Å². The van der Waals surface area contributed by atoms with Gasteiger partial charge in [-0.2, -0.15) is 0 Å². The smallest absolute Gasteiger partial charge is 0.306 e. The van der Waals surface area contributed by atoms with Gasteiger partial charge >= 0.3 is 5.97 Å². The van der Waals surface area contributed by atoms with Gasteiger partial charge in [-0.25, -0.2) is 0 Å². The van der Waals surface area contributed by atoms with Crippen LogP contribution in [-0.4, -0.2) is 29.5 Å². The van der Waals surface area contributed by atoms with Gasteiger partial charge in [0.25, 0.3) is 5.91 Å². The number of rotatable bonds is 6. The number of aromatic nitrogens is 1. The van der Waals surface area contributed by atoms with E-state index in [1.54, 1.807) is 0 Å². The standard InChI is InChI=1S/C21H26N2O3/c1-15-6-9-18(10-7-15)23-20(24)14-26-21(25)13-12-17-11-8-16-4-2-3-5-19(16)22-17/h2-5,8,11,15,18H,6-7,9-10,12-14H2,1H3,(H,23,24). The highest BCUT2D eigenvalue weighted by Gasteiger charge is 2.20. The summed E-state index contributed by atoms with van der Waals surface area (Å²) < 4.78 is 5.10. The van der Waals surface area contributed by atoms with Crippen molar-refractivity contribution in [3.63, 3.8) is 0 Å². The van der Waals surface area contributed by atoms with Crippen LogP contribution in [0.3, 0.4) is 0 Å². The van der Waals surface area contributed by atoms with Crippen molar-refractivity contribution < 1.29 is 14.3 Å². The summed E-state index contributed by atoms with van der Waals surface area (Å²) in [5.41, 5.74) is 1.76. The normalized spacial score (nSPS) is 19.9. The molecule has 2 aromatic rings. The summed E-state index contributed by atoms with van der Waals surface area (Å²) in [6.07, 6.45) is 5.03. The number of carbonyl (C=O) groups excluding carboxylic acids is 2. The number of esters is 1. The molecule has 26 heavy (non-hydrogen) atoms. The number of pyridine rings is 1. The lowest BCUT2D eigenvalue weighted by Gasteiger charge is -2.26. The zero-order valence-electron chi connectivity index (χ0n) is 15.2. The maximum Gasteiger partial charge on any atom is 0.306 e. The van der Waals surface area contributed by atoms with Crippen LogP contribution in [0.2, 0.25) is 0 Å². The Kier molecular flexibility index (Phi) is 6.21. The lowest BCUT2D eigenvalue weighted by molar-refractivity contribution is -0.148. The second-order valence-corrected chi connectivity index (χ2v) is 7.18. The van der Waals surface area contributed by atoms with Gasteiger partial charge < -0.3 is 10.1 Å². The number of ether oxygens (including phenoxy) is 1.